The van der Waals surface area contributed by atoms with Gasteiger partial charge in [0.05, 0.1) is 18.5 Å². The molecule has 2 aromatic heterocycles. The number of hydrogen-bond acceptors (Lipinski definition) is 5. The predicted octanol–water partition coefficient (Wildman–Crippen LogP) is 3.82. The van der Waals surface area contributed by atoms with Crippen LogP contribution in [0.4, 0.5) is 5.69 Å². The van der Waals surface area contributed by atoms with Gasteiger partial charge in [0.1, 0.15) is 11.4 Å². The van der Waals surface area contributed by atoms with Crippen molar-refractivity contribution in [3.05, 3.63) is 47.0 Å². The quantitative estimate of drug-likeness (QED) is 0.653. The van der Waals surface area contributed by atoms with Gasteiger partial charge in [0.15, 0.2) is 0 Å². The summed E-state index contributed by atoms with van der Waals surface area (Å²) in [6.07, 6.45) is 0.746. The van der Waals surface area contributed by atoms with Crippen LogP contribution in [0.2, 0.25) is 0 Å². The topological polar surface area (TPSA) is 75.0 Å². The molecule has 0 atom stereocenters. The van der Waals surface area contributed by atoms with E-state index in [-0.39, 0.29) is 5.91 Å². The summed E-state index contributed by atoms with van der Waals surface area (Å²) in [4.78, 5) is 28.9. The number of anilines is 1. The average molecular weight is 452 g/mol. The Hall–Kier alpha value is -3.26. The Morgan fingerprint density at radius 3 is 2.47 bits per heavy atom. The van der Waals surface area contributed by atoms with Gasteiger partial charge in [0.2, 0.25) is 5.91 Å². The number of fused-ring (bicyclic) bond motifs is 3. The number of thiophene rings is 1. The molecule has 1 amide bonds. The third kappa shape index (κ3) is 3.35. The van der Waals surface area contributed by atoms with Crippen molar-refractivity contribution in [1.82, 2.24) is 9.47 Å². The zero-order valence-electron chi connectivity index (χ0n) is 18.1. The molecule has 1 N–H and O–H groups in total. The fraction of sp³-hybridized carbons (Fsp3) is 0.333. The standard InChI is InChI=1S/C24H25N3O4S/c1-15(28)25-7-9-26(10-8-25)19-13-17-16(12-21(19)31-2)5-6-27-20(24(29)30)14-18(23(17)27)22-4-3-11-32-22/h3-4,11-14H,5-10H2,1-2H3,(H,29,30). The number of hydrogen-bond donors (Lipinski definition) is 1. The van der Waals surface area contributed by atoms with E-state index < -0.39 is 5.97 Å². The highest BCUT2D eigenvalue weighted by atomic mass is 32.1. The molecule has 1 fully saturated rings. The molecule has 0 radical (unpaired) electrons. The number of benzene rings is 1. The number of aromatic nitrogens is 1. The van der Waals surface area contributed by atoms with E-state index in [2.05, 4.69) is 17.0 Å². The lowest BCUT2D eigenvalue weighted by Gasteiger charge is -2.37. The van der Waals surface area contributed by atoms with Crippen molar-refractivity contribution < 1.29 is 19.4 Å². The van der Waals surface area contributed by atoms with E-state index in [9.17, 15) is 14.7 Å². The molecular formula is C24H25N3O4S. The molecule has 4 heterocycles. The Labute approximate surface area is 190 Å². The van der Waals surface area contributed by atoms with Crippen LogP contribution >= 0.6 is 11.3 Å². The van der Waals surface area contributed by atoms with Crippen molar-refractivity contribution in [3.63, 3.8) is 0 Å². The number of rotatable bonds is 4. The van der Waals surface area contributed by atoms with Crippen molar-refractivity contribution in [2.45, 2.75) is 19.9 Å². The highest BCUT2D eigenvalue weighted by Gasteiger charge is 2.29. The summed E-state index contributed by atoms with van der Waals surface area (Å²) < 4.78 is 7.69. The molecular weight excluding hydrogens is 426 g/mol. The van der Waals surface area contributed by atoms with Gasteiger partial charge in [-0.3, -0.25) is 4.79 Å². The molecule has 2 aliphatic rings. The van der Waals surface area contributed by atoms with Crippen molar-refractivity contribution in [1.29, 1.82) is 0 Å². The third-order valence-corrected chi connectivity index (χ3v) is 7.34. The highest BCUT2D eigenvalue weighted by molar-refractivity contribution is 7.13. The van der Waals surface area contributed by atoms with E-state index >= 15 is 0 Å². The van der Waals surface area contributed by atoms with Crippen LogP contribution < -0.4 is 9.64 Å². The Morgan fingerprint density at radius 1 is 1.06 bits per heavy atom. The van der Waals surface area contributed by atoms with Gasteiger partial charge < -0.3 is 24.2 Å². The van der Waals surface area contributed by atoms with Crippen molar-refractivity contribution >= 4 is 28.9 Å². The normalized spacial score (nSPS) is 15.3. The molecule has 1 aromatic carbocycles. The molecule has 0 saturated carbocycles. The number of aromatic carboxylic acids is 1. The van der Waals surface area contributed by atoms with E-state index in [0.29, 0.717) is 25.3 Å². The third-order valence-electron chi connectivity index (χ3n) is 6.43. The van der Waals surface area contributed by atoms with Crippen LogP contribution in [0.5, 0.6) is 5.75 Å². The van der Waals surface area contributed by atoms with Gasteiger partial charge in [-0.05, 0) is 41.6 Å². The van der Waals surface area contributed by atoms with Crippen LogP contribution in [-0.2, 0) is 17.8 Å². The number of carboxylic acids is 1. The van der Waals surface area contributed by atoms with Gasteiger partial charge in [0, 0.05) is 55.7 Å². The molecule has 0 unspecified atom stereocenters. The summed E-state index contributed by atoms with van der Waals surface area (Å²) in [5.41, 5.74) is 5.43. The van der Waals surface area contributed by atoms with Crippen LogP contribution in [0.15, 0.2) is 35.7 Å². The molecule has 2 aliphatic heterocycles. The van der Waals surface area contributed by atoms with Crippen LogP contribution in [0.1, 0.15) is 23.0 Å². The molecule has 32 heavy (non-hydrogen) atoms. The molecule has 3 aromatic rings. The van der Waals surface area contributed by atoms with Gasteiger partial charge in [-0.25, -0.2) is 4.79 Å². The van der Waals surface area contributed by atoms with E-state index in [4.69, 9.17) is 4.74 Å². The SMILES string of the molecule is COc1cc2c(cc1N1CCN(C(C)=O)CC1)-c1c(-c3cccs3)cc(C(=O)O)n1CC2. The van der Waals surface area contributed by atoms with E-state index in [1.54, 1.807) is 31.4 Å². The first-order chi connectivity index (χ1) is 15.5. The van der Waals surface area contributed by atoms with Gasteiger partial charge in [-0.1, -0.05) is 6.07 Å². The molecule has 5 rings (SSSR count). The monoisotopic (exact) mass is 451 g/mol. The Morgan fingerprint density at radius 2 is 1.84 bits per heavy atom. The second kappa shape index (κ2) is 8.02. The number of aryl methyl sites for hydroxylation is 1. The Balaban J connectivity index is 1.63. The molecule has 0 spiro atoms. The zero-order valence-corrected chi connectivity index (χ0v) is 18.9. The number of carbonyl (C=O) groups is 2. The van der Waals surface area contributed by atoms with Gasteiger partial charge in [-0.15, -0.1) is 11.3 Å². The van der Waals surface area contributed by atoms with Crippen LogP contribution in [0.25, 0.3) is 21.7 Å². The maximum Gasteiger partial charge on any atom is 0.352 e. The Bertz CT molecular complexity index is 1190. The molecule has 0 bridgehead atoms. The summed E-state index contributed by atoms with van der Waals surface area (Å²) in [7, 11) is 1.68. The minimum Gasteiger partial charge on any atom is -0.495 e. The number of amides is 1. The first-order valence-corrected chi connectivity index (χ1v) is 11.6. The lowest BCUT2D eigenvalue weighted by Crippen LogP contribution is -2.48. The fourth-order valence-corrected chi connectivity index (χ4v) is 5.55. The average Bonchev–Trinajstić information content (AvgIpc) is 3.46. The van der Waals surface area contributed by atoms with Crippen molar-refractivity contribution in [2.75, 3.05) is 38.2 Å². The number of ether oxygens (including phenoxy) is 1. The predicted molar refractivity (Wildman–Crippen MR) is 125 cm³/mol. The minimum absolute atomic E-state index is 0.0988. The number of carboxylic acid groups (broad SMARTS) is 1. The smallest absolute Gasteiger partial charge is 0.352 e. The van der Waals surface area contributed by atoms with E-state index in [1.807, 2.05) is 27.0 Å². The summed E-state index contributed by atoms with van der Waals surface area (Å²) in [5.74, 6) is 0.00410. The number of piperazine rings is 1. The largest absolute Gasteiger partial charge is 0.495 e. The summed E-state index contributed by atoms with van der Waals surface area (Å²) >= 11 is 1.61. The molecule has 8 heteroatoms. The second-order valence-electron chi connectivity index (χ2n) is 8.15. The molecule has 1 saturated heterocycles. The number of methoxy groups -OCH3 is 1. The second-order valence-corrected chi connectivity index (χ2v) is 9.10. The first-order valence-electron chi connectivity index (χ1n) is 10.7. The van der Waals surface area contributed by atoms with Crippen LogP contribution in [0.3, 0.4) is 0 Å². The van der Waals surface area contributed by atoms with Crippen LogP contribution in [0, 0.1) is 0 Å². The summed E-state index contributed by atoms with van der Waals surface area (Å²) in [5, 5.41) is 11.8. The molecule has 0 aliphatic carbocycles. The van der Waals surface area contributed by atoms with E-state index in [0.717, 1.165) is 58.2 Å². The zero-order chi connectivity index (χ0) is 22.4. The lowest BCUT2D eigenvalue weighted by molar-refractivity contribution is -0.129. The first kappa shape index (κ1) is 20.6. The number of carbonyl (C=O) groups excluding carboxylic acids is 1. The fourth-order valence-electron chi connectivity index (χ4n) is 4.81. The van der Waals surface area contributed by atoms with Crippen molar-refractivity contribution in [3.8, 4) is 27.4 Å². The molecule has 166 valence electrons. The maximum absolute atomic E-state index is 12.0. The summed E-state index contributed by atoms with van der Waals surface area (Å²) in [6.45, 7) is 5.04. The van der Waals surface area contributed by atoms with Crippen LogP contribution in [-0.4, -0.2) is 59.7 Å². The highest BCUT2D eigenvalue weighted by Crippen LogP contribution is 2.45. The number of nitrogens with zero attached hydrogens (tertiary/aromatic N) is 3. The lowest BCUT2D eigenvalue weighted by atomic mass is 9.94. The maximum atomic E-state index is 12.0. The minimum atomic E-state index is -0.911. The van der Waals surface area contributed by atoms with Gasteiger partial charge >= 0.3 is 5.97 Å². The molecule has 7 nitrogen and oxygen atoms in total. The van der Waals surface area contributed by atoms with Gasteiger partial charge in [0.25, 0.3) is 0 Å². The summed E-state index contributed by atoms with van der Waals surface area (Å²) in [6, 6.07) is 10.1. The van der Waals surface area contributed by atoms with E-state index in [1.165, 1.54) is 0 Å². The van der Waals surface area contributed by atoms with Gasteiger partial charge in [-0.2, -0.15) is 0 Å². The van der Waals surface area contributed by atoms with Crippen molar-refractivity contribution in [2.24, 2.45) is 0 Å². The Kier molecular flexibility index (Phi) is 5.17.